The fourth-order valence-electron chi connectivity index (χ4n) is 2.02. The van der Waals surface area contributed by atoms with Gasteiger partial charge in [-0.15, -0.1) is 0 Å². The Labute approximate surface area is 87.1 Å². The fraction of sp³-hybridized carbons (Fsp3) is 0.556. The van der Waals surface area contributed by atoms with Crippen molar-refractivity contribution in [2.24, 2.45) is 0 Å². The molecule has 1 fully saturated rings. The summed E-state index contributed by atoms with van der Waals surface area (Å²) in [6.07, 6.45) is 1.83. The number of nitrogen functional groups attached to an aromatic ring is 2. The van der Waals surface area contributed by atoms with Gasteiger partial charge in [-0.25, -0.2) is 0 Å². The van der Waals surface area contributed by atoms with E-state index in [9.17, 15) is 4.79 Å². The summed E-state index contributed by atoms with van der Waals surface area (Å²) in [6.45, 7) is 1.82. The molecule has 0 saturated carbocycles. The van der Waals surface area contributed by atoms with E-state index >= 15 is 0 Å². The number of H-pyrrole nitrogens is 1. The Hall–Kier alpha value is -1.56. The summed E-state index contributed by atoms with van der Waals surface area (Å²) in [6, 6.07) is 0. The van der Waals surface area contributed by atoms with Crippen molar-refractivity contribution < 1.29 is 0 Å². The van der Waals surface area contributed by atoms with Crippen LogP contribution in [0.5, 0.6) is 0 Å². The number of hydrogen-bond donors (Lipinski definition) is 4. The molecule has 0 spiro atoms. The minimum Gasteiger partial charge on any atom is -0.383 e. The number of hydrogen-bond acceptors (Lipinski definition) is 5. The van der Waals surface area contributed by atoms with Gasteiger partial charge in [0, 0.05) is 0 Å². The van der Waals surface area contributed by atoms with Gasteiger partial charge in [-0.3, -0.25) is 9.78 Å². The molecule has 1 aliphatic heterocycles. The maximum Gasteiger partial charge on any atom is 0.257 e. The second kappa shape index (κ2) is 3.90. The van der Waals surface area contributed by atoms with Gasteiger partial charge in [0.15, 0.2) is 0 Å². The molecule has 0 unspecified atom stereocenters. The predicted molar refractivity (Wildman–Crippen MR) is 58.5 cm³/mol. The number of piperidine rings is 1. The van der Waals surface area contributed by atoms with E-state index in [0.29, 0.717) is 5.56 Å². The third kappa shape index (κ3) is 1.94. The first-order chi connectivity index (χ1) is 7.18. The lowest BCUT2D eigenvalue weighted by Crippen LogP contribution is -2.31. The van der Waals surface area contributed by atoms with Crippen molar-refractivity contribution in [1.29, 1.82) is 0 Å². The highest BCUT2D eigenvalue weighted by molar-refractivity contribution is 5.43. The summed E-state index contributed by atoms with van der Waals surface area (Å²) in [5, 5.41) is 3.24. The average Bonchev–Trinajstić information content (AvgIpc) is 2.17. The number of anilines is 2. The normalized spacial score (nSPS) is 17.9. The lowest BCUT2D eigenvalue weighted by Gasteiger charge is -2.22. The minimum atomic E-state index is -0.202. The molecule has 6 N–H and O–H groups in total. The molecule has 1 aliphatic rings. The Morgan fingerprint density at radius 2 is 1.93 bits per heavy atom. The molecular formula is C9H15N5O. The summed E-state index contributed by atoms with van der Waals surface area (Å²) in [5.74, 6) is 0.543. The zero-order chi connectivity index (χ0) is 10.8. The molecule has 1 aromatic heterocycles. The van der Waals surface area contributed by atoms with E-state index in [1.54, 1.807) is 0 Å². The molecule has 0 amide bonds. The molecule has 1 saturated heterocycles. The quantitative estimate of drug-likeness (QED) is 0.494. The van der Waals surface area contributed by atoms with Gasteiger partial charge in [0.05, 0.1) is 5.56 Å². The van der Waals surface area contributed by atoms with Gasteiger partial charge < -0.3 is 16.8 Å². The Kier molecular flexibility index (Phi) is 2.59. The van der Waals surface area contributed by atoms with E-state index in [0.717, 1.165) is 25.9 Å². The molecular weight excluding hydrogens is 194 g/mol. The smallest absolute Gasteiger partial charge is 0.257 e. The van der Waals surface area contributed by atoms with Crippen LogP contribution in [0.3, 0.4) is 0 Å². The topological polar surface area (TPSA) is 110 Å². The highest BCUT2D eigenvalue weighted by atomic mass is 16.1. The van der Waals surface area contributed by atoms with Crippen molar-refractivity contribution in [3.8, 4) is 0 Å². The van der Waals surface area contributed by atoms with Gasteiger partial charge in [0.25, 0.3) is 5.56 Å². The van der Waals surface area contributed by atoms with E-state index in [1.165, 1.54) is 0 Å². The number of nitrogens with zero attached hydrogens (tertiary/aromatic N) is 1. The number of aromatic amines is 1. The second-order valence-electron chi connectivity index (χ2n) is 3.77. The Morgan fingerprint density at radius 1 is 1.27 bits per heavy atom. The van der Waals surface area contributed by atoms with E-state index in [2.05, 4.69) is 15.3 Å². The van der Waals surface area contributed by atoms with Crippen LogP contribution in [0.2, 0.25) is 0 Å². The van der Waals surface area contributed by atoms with Gasteiger partial charge in [0.1, 0.15) is 5.82 Å². The van der Waals surface area contributed by atoms with Crippen LogP contribution in [0.15, 0.2) is 4.79 Å². The largest absolute Gasteiger partial charge is 0.383 e. The fourth-order valence-corrected chi connectivity index (χ4v) is 2.02. The van der Waals surface area contributed by atoms with Crippen molar-refractivity contribution in [3.63, 3.8) is 0 Å². The van der Waals surface area contributed by atoms with E-state index in [-0.39, 0.29) is 23.2 Å². The summed E-state index contributed by atoms with van der Waals surface area (Å²) >= 11 is 0. The standard InChI is InChI=1S/C9H15N5O/c10-7-6(5-1-3-12-4-2-5)8(15)14-9(11)13-7/h5,12H,1-4H2,(H5,10,11,13,14,15). The van der Waals surface area contributed by atoms with Crippen molar-refractivity contribution in [2.75, 3.05) is 24.6 Å². The Bertz CT molecular complexity index is 407. The minimum absolute atomic E-state index is 0.0789. The van der Waals surface area contributed by atoms with Crippen LogP contribution in [-0.4, -0.2) is 23.1 Å². The highest BCUT2D eigenvalue weighted by Gasteiger charge is 2.21. The summed E-state index contributed by atoms with van der Waals surface area (Å²) in [7, 11) is 0. The third-order valence-electron chi connectivity index (χ3n) is 2.75. The third-order valence-corrected chi connectivity index (χ3v) is 2.75. The number of nitrogens with two attached hydrogens (primary N) is 2. The Morgan fingerprint density at radius 3 is 2.53 bits per heavy atom. The molecule has 2 heterocycles. The molecule has 0 radical (unpaired) electrons. The molecule has 0 aromatic carbocycles. The van der Waals surface area contributed by atoms with Crippen molar-refractivity contribution in [3.05, 3.63) is 15.9 Å². The van der Waals surface area contributed by atoms with E-state index in [4.69, 9.17) is 11.5 Å². The maximum atomic E-state index is 11.7. The SMILES string of the molecule is Nc1nc(N)c(C2CCNCC2)c(=O)[nH]1. The van der Waals surface area contributed by atoms with E-state index < -0.39 is 0 Å². The average molecular weight is 209 g/mol. The summed E-state index contributed by atoms with van der Waals surface area (Å²) in [5.41, 5.74) is 11.5. The van der Waals surface area contributed by atoms with Crippen LogP contribution >= 0.6 is 0 Å². The summed E-state index contributed by atoms with van der Waals surface area (Å²) in [4.78, 5) is 18.1. The van der Waals surface area contributed by atoms with Crippen molar-refractivity contribution in [2.45, 2.75) is 18.8 Å². The number of nitrogens with one attached hydrogen (secondary N) is 2. The highest BCUT2D eigenvalue weighted by Crippen LogP contribution is 2.25. The maximum absolute atomic E-state index is 11.7. The Balaban J connectivity index is 2.38. The first kappa shape index (κ1) is 9.97. The van der Waals surface area contributed by atoms with Gasteiger partial charge >= 0.3 is 0 Å². The van der Waals surface area contributed by atoms with Gasteiger partial charge in [0.2, 0.25) is 5.95 Å². The van der Waals surface area contributed by atoms with Crippen molar-refractivity contribution >= 4 is 11.8 Å². The van der Waals surface area contributed by atoms with Crippen LogP contribution in [-0.2, 0) is 0 Å². The molecule has 2 rings (SSSR count). The van der Waals surface area contributed by atoms with Crippen LogP contribution in [0.4, 0.5) is 11.8 Å². The van der Waals surface area contributed by atoms with Gasteiger partial charge in [-0.05, 0) is 31.8 Å². The van der Waals surface area contributed by atoms with Gasteiger partial charge in [-0.2, -0.15) is 4.98 Å². The number of rotatable bonds is 1. The first-order valence-corrected chi connectivity index (χ1v) is 5.04. The van der Waals surface area contributed by atoms with Crippen LogP contribution in [0, 0.1) is 0 Å². The zero-order valence-corrected chi connectivity index (χ0v) is 8.42. The predicted octanol–water partition coefficient (Wildman–Crippen LogP) is -0.599. The second-order valence-corrected chi connectivity index (χ2v) is 3.77. The molecule has 6 nitrogen and oxygen atoms in total. The molecule has 1 aromatic rings. The van der Waals surface area contributed by atoms with Crippen LogP contribution in [0.25, 0.3) is 0 Å². The van der Waals surface area contributed by atoms with Crippen molar-refractivity contribution in [1.82, 2.24) is 15.3 Å². The molecule has 15 heavy (non-hydrogen) atoms. The summed E-state index contributed by atoms with van der Waals surface area (Å²) < 4.78 is 0. The van der Waals surface area contributed by atoms with Gasteiger partial charge in [-0.1, -0.05) is 0 Å². The lowest BCUT2D eigenvalue weighted by molar-refractivity contribution is 0.458. The van der Waals surface area contributed by atoms with E-state index in [1.807, 2.05) is 0 Å². The molecule has 0 atom stereocenters. The monoisotopic (exact) mass is 209 g/mol. The van der Waals surface area contributed by atoms with Crippen LogP contribution < -0.4 is 22.3 Å². The zero-order valence-electron chi connectivity index (χ0n) is 8.42. The molecule has 0 aliphatic carbocycles. The first-order valence-electron chi connectivity index (χ1n) is 5.04. The molecule has 6 heteroatoms. The molecule has 82 valence electrons. The lowest BCUT2D eigenvalue weighted by atomic mass is 9.91. The number of aromatic nitrogens is 2. The van der Waals surface area contributed by atoms with Crippen LogP contribution in [0.1, 0.15) is 24.3 Å². The molecule has 0 bridgehead atoms.